The standard InChI is InChI=1S/C12H15BrN2O3/c1-3-6-15(8-11(16)18-2)12(17)9-4-5-10(13)14-7-9/h4-5,7H,3,6,8H2,1-2H3. The first kappa shape index (κ1) is 14.6. The molecule has 0 unspecified atom stereocenters. The normalized spacial score (nSPS) is 9.94. The summed E-state index contributed by atoms with van der Waals surface area (Å²) in [5.41, 5.74) is 0.454. The van der Waals surface area contributed by atoms with E-state index in [2.05, 4.69) is 25.7 Å². The molecule has 0 fully saturated rings. The third kappa shape index (κ3) is 4.10. The molecule has 0 aromatic carbocycles. The van der Waals surface area contributed by atoms with Crippen molar-refractivity contribution in [2.75, 3.05) is 20.2 Å². The van der Waals surface area contributed by atoms with Crippen LogP contribution in [0.15, 0.2) is 22.9 Å². The lowest BCUT2D eigenvalue weighted by Gasteiger charge is -2.20. The lowest BCUT2D eigenvalue weighted by molar-refractivity contribution is -0.141. The quantitative estimate of drug-likeness (QED) is 0.615. The van der Waals surface area contributed by atoms with Crippen LogP contribution in [0.25, 0.3) is 0 Å². The van der Waals surface area contributed by atoms with Crippen molar-refractivity contribution in [1.29, 1.82) is 0 Å². The fraction of sp³-hybridized carbons (Fsp3) is 0.417. The van der Waals surface area contributed by atoms with Crippen molar-refractivity contribution >= 4 is 27.8 Å². The van der Waals surface area contributed by atoms with Crippen LogP contribution in [0.3, 0.4) is 0 Å². The molecular formula is C12H15BrN2O3. The number of carbonyl (C=O) groups excluding carboxylic acids is 2. The molecule has 1 amide bonds. The summed E-state index contributed by atoms with van der Waals surface area (Å²) >= 11 is 3.20. The van der Waals surface area contributed by atoms with Crippen LogP contribution < -0.4 is 0 Å². The predicted octanol–water partition coefficient (Wildman–Crippen LogP) is 1.87. The van der Waals surface area contributed by atoms with Gasteiger partial charge in [0, 0.05) is 12.7 Å². The van der Waals surface area contributed by atoms with Gasteiger partial charge in [-0.1, -0.05) is 6.92 Å². The molecule has 0 radical (unpaired) electrons. The van der Waals surface area contributed by atoms with Gasteiger partial charge in [0.2, 0.25) is 0 Å². The van der Waals surface area contributed by atoms with E-state index in [1.807, 2.05) is 6.92 Å². The average molecular weight is 315 g/mol. The second-order valence-electron chi connectivity index (χ2n) is 3.67. The smallest absolute Gasteiger partial charge is 0.325 e. The zero-order valence-corrected chi connectivity index (χ0v) is 11.9. The molecule has 0 atom stereocenters. The van der Waals surface area contributed by atoms with Crippen molar-refractivity contribution in [3.63, 3.8) is 0 Å². The van der Waals surface area contributed by atoms with Gasteiger partial charge < -0.3 is 9.64 Å². The molecular weight excluding hydrogens is 300 g/mol. The Hall–Kier alpha value is -1.43. The van der Waals surface area contributed by atoms with Crippen molar-refractivity contribution in [2.45, 2.75) is 13.3 Å². The molecule has 1 heterocycles. The van der Waals surface area contributed by atoms with Gasteiger partial charge in [-0.3, -0.25) is 9.59 Å². The van der Waals surface area contributed by atoms with E-state index in [0.717, 1.165) is 6.42 Å². The largest absolute Gasteiger partial charge is 0.468 e. The Labute approximate surface area is 114 Å². The maximum absolute atomic E-state index is 12.2. The number of hydrogen-bond acceptors (Lipinski definition) is 4. The monoisotopic (exact) mass is 314 g/mol. The van der Waals surface area contributed by atoms with Crippen LogP contribution >= 0.6 is 15.9 Å². The summed E-state index contributed by atoms with van der Waals surface area (Å²) in [4.78, 5) is 28.9. The molecule has 18 heavy (non-hydrogen) atoms. The number of amides is 1. The number of pyridine rings is 1. The minimum Gasteiger partial charge on any atom is -0.468 e. The topological polar surface area (TPSA) is 59.5 Å². The molecule has 0 aliphatic carbocycles. The zero-order chi connectivity index (χ0) is 13.5. The van der Waals surface area contributed by atoms with Crippen LogP contribution in [0, 0.1) is 0 Å². The summed E-state index contributed by atoms with van der Waals surface area (Å²) in [5.74, 6) is -0.649. The molecule has 1 rings (SSSR count). The Morgan fingerprint density at radius 3 is 2.67 bits per heavy atom. The van der Waals surface area contributed by atoms with Crippen molar-refractivity contribution in [1.82, 2.24) is 9.88 Å². The lowest BCUT2D eigenvalue weighted by Crippen LogP contribution is -2.36. The number of ether oxygens (including phenoxy) is 1. The highest BCUT2D eigenvalue weighted by molar-refractivity contribution is 9.10. The molecule has 0 N–H and O–H groups in total. The van der Waals surface area contributed by atoms with Gasteiger partial charge >= 0.3 is 5.97 Å². The second-order valence-corrected chi connectivity index (χ2v) is 4.48. The summed E-state index contributed by atoms with van der Waals surface area (Å²) in [7, 11) is 1.30. The van der Waals surface area contributed by atoms with Crippen molar-refractivity contribution < 1.29 is 14.3 Å². The minimum atomic E-state index is -0.429. The molecule has 0 spiro atoms. The van der Waals surface area contributed by atoms with Crippen LogP contribution in [0.2, 0.25) is 0 Å². The van der Waals surface area contributed by atoms with Gasteiger partial charge in [-0.2, -0.15) is 0 Å². The summed E-state index contributed by atoms with van der Waals surface area (Å²) in [6.07, 6.45) is 2.25. The molecule has 1 aromatic heterocycles. The molecule has 1 aromatic rings. The molecule has 6 heteroatoms. The van der Waals surface area contributed by atoms with Gasteiger partial charge in [0.05, 0.1) is 12.7 Å². The van der Waals surface area contributed by atoms with Crippen molar-refractivity contribution in [3.8, 4) is 0 Å². The second kappa shape index (κ2) is 7.10. The van der Waals surface area contributed by atoms with E-state index >= 15 is 0 Å². The van der Waals surface area contributed by atoms with Crippen LogP contribution in [-0.2, 0) is 9.53 Å². The highest BCUT2D eigenvalue weighted by Gasteiger charge is 2.18. The third-order valence-corrected chi connectivity index (χ3v) is 2.77. The molecule has 5 nitrogen and oxygen atoms in total. The van der Waals surface area contributed by atoms with Gasteiger partial charge in [0.1, 0.15) is 11.1 Å². The van der Waals surface area contributed by atoms with Crippen molar-refractivity contribution in [2.24, 2.45) is 0 Å². The highest BCUT2D eigenvalue weighted by atomic mass is 79.9. The summed E-state index contributed by atoms with van der Waals surface area (Å²) in [6, 6.07) is 3.36. The lowest BCUT2D eigenvalue weighted by atomic mass is 10.2. The Bertz CT molecular complexity index is 420. The van der Waals surface area contributed by atoms with E-state index in [9.17, 15) is 9.59 Å². The number of methoxy groups -OCH3 is 1. The fourth-order valence-corrected chi connectivity index (χ4v) is 1.66. The number of rotatable bonds is 5. The van der Waals surface area contributed by atoms with Crippen LogP contribution in [0.1, 0.15) is 23.7 Å². The minimum absolute atomic E-state index is 0.0424. The van der Waals surface area contributed by atoms with E-state index in [1.165, 1.54) is 18.2 Å². The van der Waals surface area contributed by atoms with Crippen LogP contribution in [0.4, 0.5) is 0 Å². The van der Waals surface area contributed by atoms with Crippen molar-refractivity contribution in [3.05, 3.63) is 28.5 Å². The Morgan fingerprint density at radius 2 is 2.17 bits per heavy atom. The molecule has 0 aliphatic rings. The maximum atomic E-state index is 12.2. The van der Waals surface area contributed by atoms with E-state index in [0.29, 0.717) is 16.7 Å². The van der Waals surface area contributed by atoms with E-state index < -0.39 is 5.97 Å². The highest BCUT2D eigenvalue weighted by Crippen LogP contribution is 2.09. The maximum Gasteiger partial charge on any atom is 0.325 e. The summed E-state index contributed by atoms with van der Waals surface area (Å²) in [5, 5.41) is 0. The fourth-order valence-electron chi connectivity index (χ4n) is 1.43. The number of carbonyl (C=O) groups is 2. The van der Waals surface area contributed by atoms with E-state index in [4.69, 9.17) is 0 Å². The van der Waals surface area contributed by atoms with Gasteiger partial charge in [0.15, 0.2) is 0 Å². The Balaban J connectivity index is 2.81. The molecule has 98 valence electrons. The number of nitrogens with zero attached hydrogens (tertiary/aromatic N) is 2. The van der Waals surface area contributed by atoms with Gasteiger partial charge in [-0.05, 0) is 34.5 Å². The molecule has 0 saturated carbocycles. The SMILES string of the molecule is CCCN(CC(=O)OC)C(=O)c1ccc(Br)nc1. The zero-order valence-electron chi connectivity index (χ0n) is 10.4. The first-order valence-electron chi connectivity index (χ1n) is 5.56. The molecule has 0 bridgehead atoms. The van der Waals surface area contributed by atoms with Crippen LogP contribution in [-0.4, -0.2) is 42.0 Å². The number of hydrogen-bond donors (Lipinski definition) is 0. The van der Waals surface area contributed by atoms with Gasteiger partial charge in [0.25, 0.3) is 5.91 Å². The third-order valence-electron chi connectivity index (χ3n) is 2.30. The summed E-state index contributed by atoms with van der Waals surface area (Å²) in [6.45, 7) is 2.40. The van der Waals surface area contributed by atoms with Gasteiger partial charge in [-0.25, -0.2) is 4.98 Å². The number of halogens is 1. The predicted molar refractivity (Wildman–Crippen MR) is 70.1 cm³/mol. The summed E-state index contributed by atoms with van der Waals surface area (Å²) < 4.78 is 5.24. The Morgan fingerprint density at radius 1 is 1.44 bits per heavy atom. The first-order chi connectivity index (χ1) is 8.58. The number of esters is 1. The van der Waals surface area contributed by atoms with E-state index in [1.54, 1.807) is 12.1 Å². The Kier molecular flexibility index (Phi) is 5.77. The first-order valence-corrected chi connectivity index (χ1v) is 6.35. The van der Waals surface area contributed by atoms with E-state index in [-0.39, 0.29) is 12.5 Å². The average Bonchev–Trinajstić information content (AvgIpc) is 2.38. The molecule has 0 aliphatic heterocycles. The molecule has 0 saturated heterocycles. The van der Waals surface area contributed by atoms with Gasteiger partial charge in [-0.15, -0.1) is 0 Å². The number of aromatic nitrogens is 1. The van der Waals surface area contributed by atoms with Crippen LogP contribution in [0.5, 0.6) is 0 Å².